The van der Waals surface area contributed by atoms with E-state index in [4.69, 9.17) is 9.97 Å². The SMILES string of the molecule is Cc1sc2nc(CN3CCCC3)nc(NC3CCCN(S(C)(=O)=O)C3)c2c1C. The molecule has 9 heteroatoms. The van der Waals surface area contributed by atoms with Crippen LogP contribution in [0.4, 0.5) is 5.82 Å². The molecule has 2 aliphatic heterocycles. The molecule has 2 fully saturated rings. The molecule has 0 saturated carbocycles. The van der Waals surface area contributed by atoms with Crippen molar-refractivity contribution in [2.45, 2.75) is 52.1 Å². The van der Waals surface area contributed by atoms with E-state index in [9.17, 15) is 8.42 Å². The Morgan fingerprint density at radius 1 is 1.14 bits per heavy atom. The first-order chi connectivity index (χ1) is 13.3. The highest BCUT2D eigenvalue weighted by molar-refractivity contribution is 7.88. The van der Waals surface area contributed by atoms with Crippen LogP contribution in [0.5, 0.6) is 0 Å². The lowest BCUT2D eigenvalue weighted by atomic mass is 10.1. The molecule has 1 atom stereocenters. The van der Waals surface area contributed by atoms with Gasteiger partial charge in [0.25, 0.3) is 0 Å². The molecule has 1 unspecified atom stereocenters. The molecule has 2 aliphatic rings. The highest BCUT2D eigenvalue weighted by Gasteiger charge is 2.27. The predicted molar refractivity (Wildman–Crippen MR) is 114 cm³/mol. The van der Waals surface area contributed by atoms with Crippen molar-refractivity contribution in [1.82, 2.24) is 19.2 Å². The molecule has 0 aromatic carbocycles. The Kier molecular flexibility index (Phi) is 5.61. The summed E-state index contributed by atoms with van der Waals surface area (Å²) in [5.41, 5.74) is 1.21. The Morgan fingerprint density at radius 3 is 2.61 bits per heavy atom. The van der Waals surface area contributed by atoms with Crippen molar-refractivity contribution < 1.29 is 8.42 Å². The van der Waals surface area contributed by atoms with E-state index >= 15 is 0 Å². The van der Waals surface area contributed by atoms with Crippen LogP contribution in [0, 0.1) is 13.8 Å². The fourth-order valence-electron chi connectivity index (χ4n) is 4.16. The number of nitrogens with zero attached hydrogens (tertiary/aromatic N) is 4. The van der Waals surface area contributed by atoms with Gasteiger partial charge in [0.2, 0.25) is 10.0 Å². The lowest BCUT2D eigenvalue weighted by Gasteiger charge is -2.32. The number of hydrogen-bond acceptors (Lipinski definition) is 7. The summed E-state index contributed by atoms with van der Waals surface area (Å²) in [4.78, 5) is 14.4. The first kappa shape index (κ1) is 20.0. The van der Waals surface area contributed by atoms with Gasteiger partial charge in [-0.2, -0.15) is 0 Å². The summed E-state index contributed by atoms with van der Waals surface area (Å²) in [5.74, 6) is 1.72. The number of aromatic nitrogens is 2. The average Bonchev–Trinajstić information content (AvgIpc) is 3.23. The molecule has 154 valence electrons. The first-order valence-corrected chi connectivity index (χ1v) is 12.7. The van der Waals surface area contributed by atoms with Crippen molar-refractivity contribution in [2.24, 2.45) is 0 Å². The molecule has 28 heavy (non-hydrogen) atoms. The van der Waals surface area contributed by atoms with Gasteiger partial charge in [-0.1, -0.05) is 0 Å². The minimum atomic E-state index is -3.17. The number of aryl methyl sites for hydroxylation is 2. The number of fused-ring (bicyclic) bond motifs is 1. The minimum absolute atomic E-state index is 0.0702. The molecule has 2 aromatic heterocycles. The number of hydrogen-bond donors (Lipinski definition) is 1. The molecule has 0 spiro atoms. The van der Waals surface area contributed by atoms with E-state index < -0.39 is 10.0 Å². The molecular weight excluding hydrogens is 394 g/mol. The van der Waals surface area contributed by atoms with Crippen LogP contribution in [0.2, 0.25) is 0 Å². The summed E-state index contributed by atoms with van der Waals surface area (Å²) in [6.45, 7) is 8.34. The van der Waals surface area contributed by atoms with E-state index in [-0.39, 0.29) is 6.04 Å². The number of thiophene rings is 1. The molecule has 0 radical (unpaired) electrons. The van der Waals surface area contributed by atoms with Gasteiger partial charge in [0.1, 0.15) is 16.5 Å². The summed E-state index contributed by atoms with van der Waals surface area (Å²) in [6, 6.07) is 0.0702. The van der Waals surface area contributed by atoms with E-state index in [0.717, 1.165) is 54.3 Å². The monoisotopic (exact) mass is 423 g/mol. The van der Waals surface area contributed by atoms with Crippen molar-refractivity contribution in [2.75, 3.05) is 37.8 Å². The van der Waals surface area contributed by atoms with Crippen LogP contribution in [-0.4, -0.2) is 66.1 Å². The van der Waals surface area contributed by atoms with Gasteiger partial charge in [0.15, 0.2) is 0 Å². The van der Waals surface area contributed by atoms with Gasteiger partial charge >= 0.3 is 0 Å². The van der Waals surface area contributed by atoms with E-state index in [0.29, 0.717) is 13.1 Å². The van der Waals surface area contributed by atoms with Crippen molar-refractivity contribution in [1.29, 1.82) is 0 Å². The number of piperidine rings is 1. The first-order valence-electron chi connectivity index (χ1n) is 10.0. The maximum Gasteiger partial charge on any atom is 0.211 e. The number of anilines is 1. The molecule has 7 nitrogen and oxygen atoms in total. The van der Waals surface area contributed by atoms with Gasteiger partial charge in [0.05, 0.1) is 18.2 Å². The van der Waals surface area contributed by atoms with Crippen LogP contribution in [0.1, 0.15) is 41.9 Å². The largest absolute Gasteiger partial charge is 0.365 e. The van der Waals surface area contributed by atoms with Crippen LogP contribution < -0.4 is 5.32 Å². The second kappa shape index (κ2) is 7.85. The Hall–Kier alpha value is -1.29. The van der Waals surface area contributed by atoms with E-state index in [2.05, 4.69) is 24.1 Å². The quantitative estimate of drug-likeness (QED) is 0.797. The van der Waals surface area contributed by atoms with Crippen LogP contribution in [0.25, 0.3) is 10.2 Å². The molecule has 0 amide bonds. The highest BCUT2D eigenvalue weighted by atomic mass is 32.2. The summed E-state index contributed by atoms with van der Waals surface area (Å²) < 4.78 is 25.5. The Balaban J connectivity index is 1.64. The van der Waals surface area contributed by atoms with Gasteiger partial charge < -0.3 is 5.32 Å². The van der Waals surface area contributed by atoms with Gasteiger partial charge in [-0.25, -0.2) is 22.7 Å². The second-order valence-electron chi connectivity index (χ2n) is 8.04. The third-order valence-corrected chi connectivity index (χ3v) is 8.20. The fraction of sp³-hybridized carbons (Fsp3) is 0.684. The number of rotatable bonds is 5. The van der Waals surface area contributed by atoms with E-state index in [1.165, 1.54) is 29.5 Å². The van der Waals surface area contributed by atoms with Gasteiger partial charge in [-0.3, -0.25) is 4.90 Å². The summed E-state index contributed by atoms with van der Waals surface area (Å²) in [6.07, 6.45) is 5.59. The molecule has 0 aliphatic carbocycles. The van der Waals surface area contributed by atoms with Crippen molar-refractivity contribution in [3.63, 3.8) is 0 Å². The standard InChI is InChI=1S/C19H29N5O2S2/c1-13-14(2)27-19-17(13)18(21-16(22-19)12-23-8-4-5-9-23)20-15-7-6-10-24(11-15)28(3,25)26/h15H,4-12H2,1-3H3,(H,20,21,22). The molecule has 2 saturated heterocycles. The van der Waals surface area contributed by atoms with Crippen molar-refractivity contribution >= 4 is 37.4 Å². The van der Waals surface area contributed by atoms with Crippen LogP contribution in [0.15, 0.2) is 0 Å². The minimum Gasteiger partial charge on any atom is -0.365 e. The van der Waals surface area contributed by atoms with Crippen LogP contribution >= 0.6 is 11.3 Å². The zero-order valence-corrected chi connectivity index (χ0v) is 18.5. The zero-order chi connectivity index (χ0) is 19.9. The maximum absolute atomic E-state index is 12.0. The number of nitrogens with one attached hydrogen (secondary N) is 1. The average molecular weight is 424 g/mol. The summed E-state index contributed by atoms with van der Waals surface area (Å²) >= 11 is 1.72. The Bertz CT molecular complexity index is 966. The smallest absolute Gasteiger partial charge is 0.211 e. The Morgan fingerprint density at radius 2 is 1.89 bits per heavy atom. The third kappa shape index (κ3) is 4.17. The normalized spacial score (nSPS) is 22.2. The molecule has 1 N–H and O–H groups in total. The van der Waals surface area contributed by atoms with Crippen LogP contribution in [0.3, 0.4) is 0 Å². The lowest BCUT2D eigenvalue weighted by Crippen LogP contribution is -2.44. The summed E-state index contributed by atoms with van der Waals surface area (Å²) in [5, 5.41) is 4.66. The highest BCUT2D eigenvalue weighted by Crippen LogP contribution is 2.34. The topological polar surface area (TPSA) is 78.4 Å². The van der Waals surface area contributed by atoms with E-state index in [1.807, 2.05) is 0 Å². The second-order valence-corrected chi connectivity index (χ2v) is 11.2. The molecule has 2 aromatic rings. The zero-order valence-electron chi connectivity index (χ0n) is 16.9. The van der Waals surface area contributed by atoms with Crippen molar-refractivity contribution in [3.05, 3.63) is 16.3 Å². The molecular formula is C19H29N5O2S2. The molecule has 4 heterocycles. The molecule has 4 rings (SSSR count). The van der Waals surface area contributed by atoms with E-state index in [1.54, 1.807) is 15.6 Å². The lowest BCUT2D eigenvalue weighted by molar-refractivity contribution is 0.322. The predicted octanol–water partition coefficient (Wildman–Crippen LogP) is 2.74. The Labute approximate surface area is 171 Å². The van der Waals surface area contributed by atoms with Crippen LogP contribution in [-0.2, 0) is 16.6 Å². The van der Waals surface area contributed by atoms with Gasteiger partial charge in [-0.15, -0.1) is 11.3 Å². The number of likely N-dealkylation sites (tertiary alicyclic amines) is 1. The molecule has 0 bridgehead atoms. The van der Waals surface area contributed by atoms with Gasteiger partial charge in [0, 0.05) is 24.0 Å². The fourth-order valence-corrected chi connectivity index (χ4v) is 6.12. The maximum atomic E-state index is 12.0. The third-order valence-electron chi connectivity index (χ3n) is 5.83. The van der Waals surface area contributed by atoms with Gasteiger partial charge in [-0.05, 0) is 58.2 Å². The van der Waals surface area contributed by atoms with Crippen molar-refractivity contribution in [3.8, 4) is 0 Å². The number of sulfonamides is 1. The summed E-state index contributed by atoms with van der Waals surface area (Å²) in [7, 11) is -3.17.